The molecule has 1 atom stereocenters. The van der Waals surface area contributed by atoms with Crippen molar-refractivity contribution < 1.29 is 15.4 Å². The van der Waals surface area contributed by atoms with Gasteiger partial charge in [-0.25, -0.2) is 0 Å². The van der Waals surface area contributed by atoms with Crippen molar-refractivity contribution in [3.05, 3.63) is 35.4 Å². The van der Waals surface area contributed by atoms with Crippen LogP contribution in [0.15, 0.2) is 24.3 Å². The summed E-state index contributed by atoms with van der Waals surface area (Å²) in [5, 5.41) is 9.09. The lowest BCUT2D eigenvalue weighted by Crippen LogP contribution is -2.07. The number of carboxylic acid groups (broad SMARTS) is 1. The summed E-state index contributed by atoms with van der Waals surface area (Å²) in [7, 11) is 0. The zero-order chi connectivity index (χ0) is 14.8. The van der Waals surface area contributed by atoms with Gasteiger partial charge in [0.2, 0.25) is 0 Å². The van der Waals surface area contributed by atoms with E-state index in [4.69, 9.17) is 10.6 Å². The average molecular weight is 210 g/mol. The Kier molecular flexibility index (Phi) is 2.33. The van der Waals surface area contributed by atoms with Crippen LogP contribution in [-0.4, -0.2) is 11.1 Å². The normalized spacial score (nSPS) is 19.7. The van der Waals surface area contributed by atoms with Crippen LogP contribution in [0.25, 0.3) is 0 Å². The van der Waals surface area contributed by atoms with Gasteiger partial charge < -0.3 is 5.11 Å². The van der Waals surface area contributed by atoms with Crippen LogP contribution < -0.4 is 0 Å². The van der Waals surface area contributed by atoms with Gasteiger partial charge in [-0.05, 0) is 30.3 Å². The van der Waals surface area contributed by atoms with E-state index in [2.05, 4.69) is 13.8 Å². The van der Waals surface area contributed by atoms with Gasteiger partial charge >= 0.3 is 5.97 Å². The predicted octanol–water partition coefficient (Wildman–Crippen LogP) is 3.07. The third-order valence-electron chi connectivity index (χ3n) is 2.10. The Bertz CT molecular complexity index is 451. The molecule has 0 saturated carbocycles. The molecule has 1 aromatic rings. The van der Waals surface area contributed by atoms with Crippen LogP contribution in [-0.2, 0) is 11.2 Å². The van der Waals surface area contributed by atoms with Gasteiger partial charge in [-0.3, -0.25) is 4.79 Å². The van der Waals surface area contributed by atoms with Gasteiger partial charge in [0, 0.05) is 5.48 Å². The molecule has 0 aromatic heterocycles. The Morgan fingerprint density at radius 2 is 2.07 bits per heavy atom. The number of rotatable bonds is 4. The molecule has 0 amide bonds. The fourth-order valence-corrected chi connectivity index (χ4v) is 1.40. The van der Waals surface area contributed by atoms with Crippen molar-refractivity contribution in [3.8, 4) is 0 Å². The van der Waals surface area contributed by atoms with Gasteiger partial charge in [-0.15, -0.1) is 0 Å². The second-order valence-corrected chi connectivity index (χ2v) is 3.98. The smallest absolute Gasteiger partial charge is 0.310 e. The van der Waals surface area contributed by atoms with Crippen LogP contribution in [0, 0.1) is 5.92 Å². The number of hydrogen-bond donors (Lipinski definition) is 1. The SMILES string of the molecule is [2H]C([2H])([2H])[C@]([2H])(C(=O)O)c1ccc(CC(C)C)cc1. The van der Waals surface area contributed by atoms with Crippen molar-refractivity contribution in [2.45, 2.75) is 33.0 Å². The summed E-state index contributed by atoms with van der Waals surface area (Å²) in [6, 6.07) is 6.22. The molecule has 0 radical (unpaired) electrons. The Balaban J connectivity index is 3.16. The highest BCUT2D eigenvalue weighted by Gasteiger charge is 2.12. The van der Waals surface area contributed by atoms with E-state index in [9.17, 15) is 4.79 Å². The van der Waals surface area contributed by atoms with E-state index in [1.807, 2.05) is 0 Å². The fourth-order valence-electron chi connectivity index (χ4n) is 1.40. The van der Waals surface area contributed by atoms with Gasteiger partial charge in [0.05, 0.1) is 5.89 Å². The molecule has 0 aliphatic rings. The Morgan fingerprint density at radius 1 is 1.47 bits per heavy atom. The monoisotopic (exact) mass is 210 g/mol. The zero-order valence-corrected chi connectivity index (χ0v) is 8.95. The van der Waals surface area contributed by atoms with Crippen LogP contribution in [0.2, 0.25) is 0 Å². The van der Waals surface area contributed by atoms with Gasteiger partial charge in [0.1, 0.15) is 0 Å². The molecule has 15 heavy (non-hydrogen) atoms. The summed E-state index contributed by atoms with van der Waals surface area (Å²) in [5.74, 6) is -3.83. The van der Waals surface area contributed by atoms with Crippen molar-refractivity contribution in [2.75, 3.05) is 0 Å². The van der Waals surface area contributed by atoms with Crippen molar-refractivity contribution >= 4 is 5.97 Å². The minimum atomic E-state index is -2.92. The van der Waals surface area contributed by atoms with E-state index in [0.717, 1.165) is 12.0 Å². The van der Waals surface area contributed by atoms with Crippen molar-refractivity contribution in [1.29, 1.82) is 0 Å². The van der Waals surface area contributed by atoms with E-state index < -0.39 is 18.7 Å². The van der Waals surface area contributed by atoms with Crippen LogP contribution >= 0.6 is 0 Å². The third-order valence-corrected chi connectivity index (χ3v) is 2.10. The number of hydrogen-bond acceptors (Lipinski definition) is 1. The molecular formula is C13H18O2. The Hall–Kier alpha value is -1.31. The highest BCUT2D eigenvalue weighted by Crippen LogP contribution is 2.17. The topological polar surface area (TPSA) is 37.3 Å². The first-order valence-electron chi connectivity index (χ1n) is 6.92. The maximum Gasteiger partial charge on any atom is 0.310 e. The first kappa shape index (κ1) is 7.04. The molecule has 82 valence electrons. The molecule has 1 rings (SSSR count). The molecule has 0 unspecified atom stereocenters. The second-order valence-electron chi connectivity index (χ2n) is 3.98. The lowest BCUT2D eigenvalue weighted by atomic mass is 9.97. The predicted molar refractivity (Wildman–Crippen MR) is 61.0 cm³/mol. The highest BCUT2D eigenvalue weighted by atomic mass is 16.4. The molecule has 0 spiro atoms. The van der Waals surface area contributed by atoms with Crippen LogP contribution in [0.3, 0.4) is 0 Å². The maximum absolute atomic E-state index is 11.2. The number of carboxylic acids is 1. The minimum absolute atomic E-state index is 0.0208. The first-order valence-corrected chi connectivity index (χ1v) is 4.92. The summed E-state index contributed by atoms with van der Waals surface area (Å²) in [5.41, 5.74) is 0.976. The zero-order valence-electron chi connectivity index (χ0n) is 12.9. The van der Waals surface area contributed by atoms with Gasteiger partial charge in [0.15, 0.2) is 0 Å². The second kappa shape index (κ2) is 4.96. The van der Waals surface area contributed by atoms with E-state index in [1.165, 1.54) is 12.1 Å². The maximum atomic E-state index is 11.2. The van der Waals surface area contributed by atoms with Gasteiger partial charge in [-0.1, -0.05) is 38.1 Å². The van der Waals surface area contributed by atoms with Crippen molar-refractivity contribution in [3.63, 3.8) is 0 Å². The lowest BCUT2D eigenvalue weighted by molar-refractivity contribution is -0.138. The molecule has 0 aliphatic carbocycles. The molecule has 0 bridgehead atoms. The molecule has 0 fully saturated rings. The fraction of sp³-hybridized carbons (Fsp3) is 0.462. The molecular weight excluding hydrogens is 188 g/mol. The molecule has 0 saturated heterocycles. The number of carbonyl (C=O) groups is 1. The third kappa shape index (κ3) is 3.39. The summed E-state index contributed by atoms with van der Waals surface area (Å²) >= 11 is 0. The van der Waals surface area contributed by atoms with Gasteiger partial charge in [-0.2, -0.15) is 0 Å². The number of aliphatic carboxylic acids is 1. The summed E-state index contributed by atoms with van der Waals surface area (Å²) in [6.07, 6.45) is 0.826. The highest BCUT2D eigenvalue weighted by molar-refractivity contribution is 5.75. The minimum Gasteiger partial charge on any atom is -0.481 e. The lowest BCUT2D eigenvalue weighted by Gasteiger charge is -2.09. The number of benzene rings is 1. The Labute approximate surface area is 96.6 Å². The molecule has 1 aromatic carbocycles. The quantitative estimate of drug-likeness (QED) is 0.829. The standard InChI is InChI=1S/C13H18O2/c1-9(2)8-11-4-6-12(7-5-11)10(3)13(14)15/h4-7,9-10H,8H2,1-3H3,(H,14,15)/t10-/m0/s1/i3D3,10D. The van der Waals surface area contributed by atoms with E-state index >= 15 is 0 Å². The van der Waals surface area contributed by atoms with Crippen LogP contribution in [0.4, 0.5) is 0 Å². The molecule has 0 aliphatic heterocycles. The molecule has 2 nitrogen and oxygen atoms in total. The van der Waals surface area contributed by atoms with E-state index in [-0.39, 0.29) is 5.56 Å². The van der Waals surface area contributed by atoms with E-state index in [0.29, 0.717) is 5.92 Å². The Morgan fingerprint density at radius 3 is 2.47 bits per heavy atom. The molecule has 0 heterocycles. The van der Waals surface area contributed by atoms with Crippen molar-refractivity contribution in [2.24, 2.45) is 5.92 Å². The summed E-state index contributed by atoms with van der Waals surface area (Å²) in [6.45, 7) is 1.20. The summed E-state index contributed by atoms with van der Waals surface area (Å²) in [4.78, 5) is 11.2. The first-order chi connectivity index (χ1) is 8.59. The van der Waals surface area contributed by atoms with Gasteiger partial charge in [0.25, 0.3) is 0 Å². The van der Waals surface area contributed by atoms with Crippen molar-refractivity contribution in [1.82, 2.24) is 0 Å². The van der Waals surface area contributed by atoms with Crippen LogP contribution in [0.5, 0.6) is 0 Å². The molecule has 1 N–H and O–H groups in total. The molecule has 2 heteroatoms. The largest absolute Gasteiger partial charge is 0.481 e. The summed E-state index contributed by atoms with van der Waals surface area (Å²) < 4.78 is 29.7. The van der Waals surface area contributed by atoms with E-state index in [1.54, 1.807) is 12.1 Å². The average Bonchev–Trinajstić information content (AvgIpc) is 2.26. The van der Waals surface area contributed by atoms with Crippen LogP contribution in [0.1, 0.15) is 43.2 Å².